The topological polar surface area (TPSA) is 60.5 Å². The fourth-order valence-electron chi connectivity index (χ4n) is 3.41. The first-order chi connectivity index (χ1) is 14.7. The van der Waals surface area contributed by atoms with E-state index < -0.39 is 17.8 Å². The number of piperazine rings is 1. The van der Waals surface area contributed by atoms with Crippen molar-refractivity contribution in [3.05, 3.63) is 50.7 Å². The number of rotatable bonds is 5. The molecule has 2 aromatic rings. The molecule has 168 valence electrons. The largest absolute Gasteiger partial charge is 0.416 e. The second-order valence-electron chi connectivity index (χ2n) is 7.48. The van der Waals surface area contributed by atoms with Crippen molar-refractivity contribution in [1.29, 1.82) is 0 Å². The Hall–Kier alpha value is -1.92. The van der Waals surface area contributed by atoms with E-state index in [1.54, 1.807) is 12.3 Å². The number of urea groups is 1. The number of benzene rings is 1. The van der Waals surface area contributed by atoms with Gasteiger partial charge >= 0.3 is 12.2 Å². The predicted octanol–water partition coefficient (Wildman–Crippen LogP) is 4.79. The number of nitrogens with zero attached hydrogens (tertiary/aromatic N) is 3. The number of aromatic nitrogens is 1. The average Bonchev–Trinajstić information content (AvgIpc) is 2.71. The first kappa shape index (κ1) is 23.7. The number of nitrogens with one attached hydrogen (secondary N) is 2. The van der Waals surface area contributed by atoms with E-state index in [1.807, 2.05) is 11.8 Å². The molecule has 0 atom stereocenters. The number of pyridine rings is 1. The minimum atomic E-state index is -4.51. The van der Waals surface area contributed by atoms with E-state index in [1.165, 1.54) is 12.1 Å². The standard InChI is InChI=1S/C21H25F3IN5O/c1-3-29-6-8-30(9-7-29)13-15-4-5-16(10-17(15)21(22,23)24)27-20(31)28-19-11-18(25)14(2)12-26-19/h4-5,10-12H,3,6-9,13H2,1-2H3,(H2,26,27,28,31). The van der Waals surface area contributed by atoms with Gasteiger partial charge in [-0.3, -0.25) is 10.2 Å². The van der Waals surface area contributed by atoms with Gasteiger partial charge in [0.05, 0.1) is 5.56 Å². The van der Waals surface area contributed by atoms with Gasteiger partial charge in [-0.25, -0.2) is 9.78 Å². The van der Waals surface area contributed by atoms with Crippen LogP contribution >= 0.6 is 22.6 Å². The Labute approximate surface area is 193 Å². The number of anilines is 2. The van der Waals surface area contributed by atoms with Crippen LogP contribution in [0.3, 0.4) is 0 Å². The van der Waals surface area contributed by atoms with Crippen LogP contribution in [-0.2, 0) is 12.7 Å². The van der Waals surface area contributed by atoms with Crippen LogP contribution in [0, 0.1) is 10.5 Å². The zero-order valence-electron chi connectivity index (χ0n) is 17.4. The van der Waals surface area contributed by atoms with Gasteiger partial charge in [0.1, 0.15) is 5.82 Å². The number of hydrogen-bond acceptors (Lipinski definition) is 4. The maximum atomic E-state index is 13.7. The van der Waals surface area contributed by atoms with E-state index >= 15 is 0 Å². The molecule has 6 nitrogen and oxygen atoms in total. The van der Waals surface area contributed by atoms with Crippen LogP contribution < -0.4 is 10.6 Å². The fraction of sp³-hybridized carbons (Fsp3) is 0.429. The Morgan fingerprint density at radius 2 is 1.81 bits per heavy atom. The average molecular weight is 547 g/mol. The highest BCUT2D eigenvalue weighted by Crippen LogP contribution is 2.34. The van der Waals surface area contributed by atoms with Gasteiger partial charge in [0.25, 0.3) is 0 Å². The van der Waals surface area contributed by atoms with Crippen LogP contribution in [0.1, 0.15) is 23.6 Å². The first-order valence-corrected chi connectivity index (χ1v) is 11.1. The zero-order valence-corrected chi connectivity index (χ0v) is 19.5. The van der Waals surface area contributed by atoms with Crippen molar-refractivity contribution in [2.24, 2.45) is 0 Å². The van der Waals surface area contributed by atoms with Crippen molar-refractivity contribution in [2.75, 3.05) is 43.4 Å². The number of hydrogen-bond donors (Lipinski definition) is 2. The van der Waals surface area contributed by atoms with Gasteiger partial charge in [0.15, 0.2) is 0 Å². The van der Waals surface area contributed by atoms with Crippen molar-refractivity contribution in [1.82, 2.24) is 14.8 Å². The molecule has 1 saturated heterocycles. The number of halogens is 4. The molecule has 1 fully saturated rings. The summed E-state index contributed by atoms with van der Waals surface area (Å²) in [5.74, 6) is 0.325. The molecule has 1 aromatic heterocycles. The highest BCUT2D eigenvalue weighted by Gasteiger charge is 2.34. The van der Waals surface area contributed by atoms with E-state index in [0.717, 1.165) is 47.9 Å². The zero-order chi connectivity index (χ0) is 22.6. The summed E-state index contributed by atoms with van der Waals surface area (Å²) in [7, 11) is 0. The van der Waals surface area contributed by atoms with Crippen molar-refractivity contribution in [3.63, 3.8) is 0 Å². The minimum absolute atomic E-state index is 0.0752. The van der Waals surface area contributed by atoms with E-state index in [2.05, 4.69) is 50.0 Å². The quantitative estimate of drug-likeness (QED) is 0.529. The van der Waals surface area contributed by atoms with Crippen LogP contribution in [-0.4, -0.2) is 53.5 Å². The first-order valence-electron chi connectivity index (χ1n) is 10.0. The summed E-state index contributed by atoms with van der Waals surface area (Å²) in [5, 5.41) is 5.01. The van der Waals surface area contributed by atoms with Gasteiger partial charge in [-0.1, -0.05) is 13.0 Å². The fourth-order valence-corrected chi connectivity index (χ4v) is 3.84. The van der Waals surface area contributed by atoms with E-state index in [-0.39, 0.29) is 17.8 Å². The second-order valence-corrected chi connectivity index (χ2v) is 8.64. The molecule has 2 N–H and O–H groups in total. The molecule has 0 bridgehead atoms. The van der Waals surface area contributed by atoms with Gasteiger partial charge in [-0.2, -0.15) is 13.2 Å². The number of likely N-dealkylation sites (N-methyl/N-ethyl adjacent to an activating group) is 1. The van der Waals surface area contributed by atoms with Crippen molar-refractivity contribution >= 4 is 40.1 Å². The predicted molar refractivity (Wildman–Crippen MR) is 123 cm³/mol. The summed E-state index contributed by atoms with van der Waals surface area (Å²) < 4.78 is 42.0. The molecule has 1 aliphatic rings. The monoisotopic (exact) mass is 547 g/mol. The summed E-state index contributed by atoms with van der Waals surface area (Å²) in [6, 6.07) is 4.97. The molecule has 2 amide bonds. The molecular weight excluding hydrogens is 522 g/mol. The van der Waals surface area contributed by atoms with Crippen LogP contribution in [0.2, 0.25) is 0 Å². The molecule has 3 rings (SSSR count). The number of aryl methyl sites for hydroxylation is 1. The lowest BCUT2D eigenvalue weighted by atomic mass is 10.0. The molecule has 0 spiro atoms. The molecule has 1 aliphatic heterocycles. The molecule has 0 radical (unpaired) electrons. The van der Waals surface area contributed by atoms with Crippen LogP contribution in [0.4, 0.5) is 29.5 Å². The van der Waals surface area contributed by atoms with Crippen LogP contribution in [0.5, 0.6) is 0 Å². The third-order valence-corrected chi connectivity index (χ3v) is 6.42. The molecule has 0 unspecified atom stereocenters. The van der Waals surface area contributed by atoms with Gasteiger partial charge in [-0.05, 0) is 65.4 Å². The van der Waals surface area contributed by atoms with E-state index in [0.29, 0.717) is 5.82 Å². The van der Waals surface area contributed by atoms with E-state index in [4.69, 9.17) is 0 Å². The molecule has 1 aromatic carbocycles. The maximum Gasteiger partial charge on any atom is 0.416 e. The minimum Gasteiger partial charge on any atom is -0.308 e. The van der Waals surface area contributed by atoms with Crippen molar-refractivity contribution in [3.8, 4) is 0 Å². The van der Waals surface area contributed by atoms with E-state index in [9.17, 15) is 18.0 Å². The molecule has 0 saturated carbocycles. The lowest BCUT2D eigenvalue weighted by Gasteiger charge is -2.34. The summed E-state index contributed by atoms with van der Waals surface area (Å²) in [6.45, 7) is 8.31. The summed E-state index contributed by atoms with van der Waals surface area (Å²) in [5.41, 5.74) is 0.517. The Balaban J connectivity index is 1.70. The molecule has 2 heterocycles. The Bertz CT molecular complexity index is 930. The van der Waals surface area contributed by atoms with Gasteiger partial charge in [-0.15, -0.1) is 0 Å². The Morgan fingerprint density at radius 1 is 1.13 bits per heavy atom. The second kappa shape index (κ2) is 10.1. The Kier molecular flexibility index (Phi) is 7.76. The van der Waals surface area contributed by atoms with Gasteiger partial charge in [0.2, 0.25) is 0 Å². The highest BCUT2D eigenvalue weighted by atomic mass is 127. The molecule has 10 heteroatoms. The number of amides is 2. The van der Waals surface area contributed by atoms with Crippen LogP contribution in [0.15, 0.2) is 30.5 Å². The van der Waals surface area contributed by atoms with Crippen molar-refractivity contribution < 1.29 is 18.0 Å². The molecule has 31 heavy (non-hydrogen) atoms. The number of carbonyl (C=O) groups excluding carboxylic acids is 1. The molecular formula is C21H25F3IN5O. The SMILES string of the molecule is CCN1CCN(Cc2ccc(NC(=O)Nc3cc(I)c(C)cn3)cc2C(F)(F)F)CC1. The lowest BCUT2D eigenvalue weighted by Crippen LogP contribution is -2.45. The Morgan fingerprint density at radius 3 is 2.42 bits per heavy atom. The maximum absolute atomic E-state index is 13.7. The lowest BCUT2D eigenvalue weighted by molar-refractivity contribution is -0.138. The summed E-state index contributed by atoms with van der Waals surface area (Å²) >= 11 is 2.12. The third-order valence-electron chi connectivity index (χ3n) is 5.26. The normalized spacial score (nSPS) is 15.7. The molecule has 0 aliphatic carbocycles. The number of alkyl halides is 3. The third kappa shape index (κ3) is 6.53. The van der Waals surface area contributed by atoms with Gasteiger partial charge < -0.3 is 10.2 Å². The van der Waals surface area contributed by atoms with Crippen LogP contribution in [0.25, 0.3) is 0 Å². The van der Waals surface area contributed by atoms with Crippen molar-refractivity contribution in [2.45, 2.75) is 26.6 Å². The summed E-state index contributed by atoms with van der Waals surface area (Å²) in [6.07, 6.45) is -2.89. The van der Waals surface area contributed by atoms with Gasteiger partial charge in [0, 0.05) is 48.2 Å². The highest BCUT2D eigenvalue weighted by molar-refractivity contribution is 14.1. The summed E-state index contributed by atoms with van der Waals surface area (Å²) in [4.78, 5) is 20.6. The number of carbonyl (C=O) groups is 1. The smallest absolute Gasteiger partial charge is 0.308 e.